The summed E-state index contributed by atoms with van der Waals surface area (Å²) in [6, 6.07) is 5.59. The standard InChI is InChI=1S/C11H14Cl3N.ClH/c1-2-15(6-5-12)8-9-3-4-10(13)7-11(9)14;/h3-4,7H,2,5-6,8H2,1H3;1H. The second-order valence-corrected chi connectivity index (χ2v) is 4.52. The first-order chi connectivity index (χ1) is 7.17. The normalized spacial score (nSPS) is 10.3. The highest BCUT2D eigenvalue weighted by Crippen LogP contribution is 2.22. The lowest BCUT2D eigenvalue weighted by Crippen LogP contribution is -2.25. The minimum Gasteiger partial charge on any atom is -0.298 e. The van der Waals surface area contributed by atoms with Crippen LogP contribution in [0.2, 0.25) is 10.0 Å². The molecule has 92 valence electrons. The van der Waals surface area contributed by atoms with Gasteiger partial charge >= 0.3 is 0 Å². The lowest BCUT2D eigenvalue weighted by atomic mass is 10.2. The molecule has 16 heavy (non-hydrogen) atoms. The lowest BCUT2D eigenvalue weighted by molar-refractivity contribution is 0.298. The second-order valence-electron chi connectivity index (χ2n) is 3.29. The number of alkyl halides is 1. The summed E-state index contributed by atoms with van der Waals surface area (Å²) in [6.07, 6.45) is 0. The monoisotopic (exact) mass is 301 g/mol. The van der Waals surface area contributed by atoms with E-state index >= 15 is 0 Å². The topological polar surface area (TPSA) is 3.24 Å². The molecule has 0 heterocycles. The molecule has 0 aromatic heterocycles. The minimum absolute atomic E-state index is 0. The van der Waals surface area contributed by atoms with Crippen molar-refractivity contribution in [2.24, 2.45) is 0 Å². The van der Waals surface area contributed by atoms with Crippen molar-refractivity contribution in [2.45, 2.75) is 13.5 Å². The van der Waals surface area contributed by atoms with E-state index in [1.807, 2.05) is 12.1 Å². The molecule has 0 aliphatic carbocycles. The molecule has 0 aliphatic heterocycles. The van der Waals surface area contributed by atoms with E-state index in [4.69, 9.17) is 34.8 Å². The van der Waals surface area contributed by atoms with Gasteiger partial charge in [-0.2, -0.15) is 0 Å². The van der Waals surface area contributed by atoms with E-state index in [-0.39, 0.29) is 12.4 Å². The third-order valence-electron chi connectivity index (χ3n) is 2.26. The van der Waals surface area contributed by atoms with Gasteiger partial charge in [-0.25, -0.2) is 0 Å². The Morgan fingerprint density at radius 3 is 2.44 bits per heavy atom. The van der Waals surface area contributed by atoms with Gasteiger partial charge in [0.25, 0.3) is 0 Å². The van der Waals surface area contributed by atoms with Gasteiger partial charge in [-0.05, 0) is 24.2 Å². The number of hydrogen-bond acceptors (Lipinski definition) is 1. The second kappa shape index (κ2) is 8.43. The predicted molar refractivity (Wildman–Crippen MR) is 75.4 cm³/mol. The molecular weight excluding hydrogens is 288 g/mol. The fraction of sp³-hybridized carbons (Fsp3) is 0.455. The fourth-order valence-corrected chi connectivity index (χ4v) is 2.07. The summed E-state index contributed by atoms with van der Waals surface area (Å²) < 4.78 is 0. The maximum Gasteiger partial charge on any atom is 0.0465 e. The van der Waals surface area contributed by atoms with E-state index in [1.54, 1.807) is 6.07 Å². The van der Waals surface area contributed by atoms with Gasteiger partial charge < -0.3 is 0 Å². The van der Waals surface area contributed by atoms with Gasteiger partial charge in [-0.15, -0.1) is 24.0 Å². The Balaban J connectivity index is 0.00000225. The quantitative estimate of drug-likeness (QED) is 0.725. The van der Waals surface area contributed by atoms with Crippen molar-refractivity contribution in [2.75, 3.05) is 19.0 Å². The van der Waals surface area contributed by atoms with Crippen LogP contribution in [0.3, 0.4) is 0 Å². The number of benzene rings is 1. The Kier molecular flexibility index (Phi) is 8.61. The van der Waals surface area contributed by atoms with Crippen molar-refractivity contribution in [3.8, 4) is 0 Å². The van der Waals surface area contributed by atoms with E-state index < -0.39 is 0 Å². The van der Waals surface area contributed by atoms with Gasteiger partial charge in [0.15, 0.2) is 0 Å². The summed E-state index contributed by atoms with van der Waals surface area (Å²) in [4.78, 5) is 2.24. The number of nitrogens with zero attached hydrogens (tertiary/aromatic N) is 1. The zero-order chi connectivity index (χ0) is 11.3. The molecular formula is C11H15Cl4N. The molecule has 0 aliphatic rings. The molecule has 0 bridgehead atoms. The molecule has 0 spiro atoms. The molecule has 0 N–H and O–H groups in total. The highest BCUT2D eigenvalue weighted by atomic mass is 35.5. The van der Waals surface area contributed by atoms with Gasteiger partial charge in [-0.3, -0.25) is 4.90 Å². The molecule has 1 rings (SSSR count). The van der Waals surface area contributed by atoms with Crippen LogP contribution in [0, 0.1) is 0 Å². The highest BCUT2D eigenvalue weighted by Gasteiger charge is 2.06. The molecule has 1 nitrogen and oxygen atoms in total. The maximum absolute atomic E-state index is 6.09. The van der Waals surface area contributed by atoms with Crippen LogP contribution in [0.25, 0.3) is 0 Å². The molecule has 0 saturated heterocycles. The van der Waals surface area contributed by atoms with Gasteiger partial charge in [0.2, 0.25) is 0 Å². The summed E-state index contributed by atoms with van der Waals surface area (Å²) in [5.41, 5.74) is 1.09. The maximum atomic E-state index is 6.09. The summed E-state index contributed by atoms with van der Waals surface area (Å²) in [7, 11) is 0. The van der Waals surface area contributed by atoms with Gasteiger partial charge in [0.1, 0.15) is 0 Å². The van der Waals surface area contributed by atoms with Crippen LogP contribution in [0.1, 0.15) is 12.5 Å². The van der Waals surface area contributed by atoms with Crippen molar-refractivity contribution in [1.29, 1.82) is 0 Å². The third kappa shape index (κ3) is 5.11. The molecule has 1 aromatic carbocycles. The minimum atomic E-state index is 0. The van der Waals surface area contributed by atoms with Crippen LogP contribution in [0.15, 0.2) is 18.2 Å². The van der Waals surface area contributed by atoms with Crippen LogP contribution < -0.4 is 0 Å². The van der Waals surface area contributed by atoms with Crippen LogP contribution in [-0.2, 0) is 6.54 Å². The van der Waals surface area contributed by atoms with Crippen molar-refractivity contribution in [3.05, 3.63) is 33.8 Å². The lowest BCUT2D eigenvalue weighted by Gasteiger charge is -2.19. The van der Waals surface area contributed by atoms with Crippen molar-refractivity contribution < 1.29 is 0 Å². The van der Waals surface area contributed by atoms with Crippen LogP contribution in [0.5, 0.6) is 0 Å². The zero-order valence-corrected chi connectivity index (χ0v) is 12.1. The Morgan fingerprint density at radius 1 is 1.25 bits per heavy atom. The molecule has 0 radical (unpaired) electrons. The summed E-state index contributed by atoms with van der Waals surface area (Å²) in [5, 5.41) is 1.39. The average molecular weight is 303 g/mol. The molecule has 0 unspecified atom stereocenters. The molecule has 0 amide bonds. The first-order valence-electron chi connectivity index (χ1n) is 4.89. The largest absolute Gasteiger partial charge is 0.298 e. The third-order valence-corrected chi connectivity index (χ3v) is 3.01. The molecule has 0 atom stereocenters. The van der Waals surface area contributed by atoms with E-state index in [9.17, 15) is 0 Å². The Morgan fingerprint density at radius 2 is 1.94 bits per heavy atom. The Labute approximate surface area is 118 Å². The fourth-order valence-electron chi connectivity index (χ4n) is 1.36. The molecule has 1 aromatic rings. The average Bonchev–Trinajstić information content (AvgIpc) is 2.21. The SMILES string of the molecule is CCN(CCCl)Cc1ccc(Cl)cc1Cl.Cl. The van der Waals surface area contributed by atoms with Crippen LogP contribution >= 0.6 is 47.2 Å². The van der Waals surface area contributed by atoms with Gasteiger partial charge in [0, 0.05) is 29.0 Å². The number of rotatable bonds is 5. The highest BCUT2D eigenvalue weighted by molar-refractivity contribution is 6.35. The summed E-state index contributed by atoms with van der Waals surface area (Å²) in [5.74, 6) is 0.638. The van der Waals surface area contributed by atoms with Gasteiger partial charge in [-0.1, -0.05) is 36.2 Å². The van der Waals surface area contributed by atoms with Crippen molar-refractivity contribution in [3.63, 3.8) is 0 Å². The Bertz CT molecular complexity index is 317. The van der Waals surface area contributed by atoms with Gasteiger partial charge in [0.05, 0.1) is 0 Å². The molecule has 5 heteroatoms. The van der Waals surface area contributed by atoms with E-state index in [0.717, 1.165) is 30.2 Å². The van der Waals surface area contributed by atoms with E-state index in [0.29, 0.717) is 10.9 Å². The first kappa shape index (κ1) is 16.3. The summed E-state index contributed by atoms with van der Waals surface area (Å²) in [6.45, 7) is 4.76. The van der Waals surface area contributed by atoms with Crippen LogP contribution in [0.4, 0.5) is 0 Å². The van der Waals surface area contributed by atoms with Crippen LogP contribution in [-0.4, -0.2) is 23.9 Å². The predicted octanol–water partition coefficient (Wildman–Crippen LogP) is 4.48. The molecule has 0 fully saturated rings. The van der Waals surface area contributed by atoms with Crippen molar-refractivity contribution >= 4 is 47.2 Å². The van der Waals surface area contributed by atoms with E-state index in [1.165, 1.54) is 0 Å². The zero-order valence-electron chi connectivity index (χ0n) is 9.05. The molecule has 0 saturated carbocycles. The number of halogens is 4. The Hall–Kier alpha value is 0.340. The van der Waals surface area contributed by atoms with Crippen molar-refractivity contribution in [1.82, 2.24) is 4.90 Å². The summed E-state index contributed by atoms with van der Waals surface area (Å²) >= 11 is 17.6. The number of hydrogen-bond donors (Lipinski definition) is 0. The smallest absolute Gasteiger partial charge is 0.0465 e. The van der Waals surface area contributed by atoms with E-state index in [2.05, 4.69) is 11.8 Å². The first-order valence-corrected chi connectivity index (χ1v) is 6.18.